The second kappa shape index (κ2) is 13.4. The van der Waals surface area contributed by atoms with E-state index in [0.29, 0.717) is 30.1 Å². The van der Waals surface area contributed by atoms with Gasteiger partial charge in [-0.2, -0.15) is 0 Å². The largest absolute Gasteiger partial charge is 0.490 e. The maximum atomic E-state index is 13.8. The Kier molecular flexibility index (Phi) is 10.3. The SMILES string of the molecule is CCCCCCCOc1c(Cl)cc(C(=O)N(Cc2ccc(N3CCCCC3)o2)C2CCS(=O)(=O)C2)cc1Cl. The van der Waals surface area contributed by atoms with Gasteiger partial charge in [0, 0.05) is 30.8 Å². The van der Waals surface area contributed by atoms with E-state index in [1.165, 1.54) is 19.3 Å². The molecule has 0 bridgehead atoms. The summed E-state index contributed by atoms with van der Waals surface area (Å²) in [7, 11) is -3.21. The number of amides is 1. The second-order valence-electron chi connectivity index (χ2n) is 10.3. The fraction of sp³-hybridized carbons (Fsp3) is 0.607. The van der Waals surface area contributed by atoms with Gasteiger partial charge in [0.1, 0.15) is 5.76 Å². The van der Waals surface area contributed by atoms with Crippen molar-refractivity contribution >= 4 is 44.8 Å². The quantitative estimate of drug-likeness (QED) is 0.256. The van der Waals surface area contributed by atoms with Crippen LogP contribution < -0.4 is 9.64 Å². The summed E-state index contributed by atoms with van der Waals surface area (Å²) in [6, 6.07) is 6.45. The van der Waals surface area contributed by atoms with Crippen molar-refractivity contribution in [3.8, 4) is 5.75 Å². The highest BCUT2D eigenvalue weighted by Gasteiger charge is 2.36. The normalized spacial score (nSPS) is 19.0. The van der Waals surface area contributed by atoms with Crippen LogP contribution in [0.15, 0.2) is 28.7 Å². The molecule has 2 saturated heterocycles. The predicted octanol–water partition coefficient (Wildman–Crippen LogP) is 6.76. The fourth-order valence-corrected chi connectivity index (χ4v) is 7.49. The third-order valence-electron chi connectivity index (χ3n) is 7.29. The van der Waals surface area contributed by atoms with Crippen LogP contribution in [0.3, 0.4) is 0 Å². The molecule has 1 aromatic heterocycles. The van der Waals surface area contributed by atoms with Gasteiger partial charge in [-0.25, -0.2) is 8.42 Å². The number of carbonyl (C=O) groups excluding carboxylic acids is 1. The Morgan fingerprint density at radius 1 is 1.08 bits per heavy atom. The molecule has 2 aromatic rings. The van der Waals surface area contributed by atoms with Gasteiger partial charge in [-0.3, -0.25) is 4.79 Å². The van der Waals surface area contributed by atoms with Crippen LogP contribution in [-0.4, -0.2) is 56.5 Å². The zero-order valence-electron chi connectivity index (χ0n) is 22.1. The van der Waals surface area contributed by atoms with Crippen molar-refractivity contribution in [2.75, 3.05) is 36.1 Å². The monoisotopic (exact) mass is 584 g/mol. The first-order chi connectivity index (χ1) is 18.3. The number of rotatable bonds is 12. The van der Waals surface area contributed by atoms with Crippen molar-refractivity contribution in [3.05, 3.63) is 45.6 Å². The molecule has 0 aliphatic carbocycles. The van der Waals surface area contributed by atoms with Crippen molar-refractivity contribution < 1.29 is 22.4 Å². The summed E-state index contributed by atoms with van der Waals surface area (Å²) in [6.07, 6.45) is 9.37. The number of benzene rings is 1. The molecule has 4 rings (SSSR count). The number of carbonyl (C=O) groups is 1. The molecule has 3 heterocycles. The fourth-order valence-electron chi connectivity index (χ4n) is 5.16. The molecule has 38 heavy (non-hydrogen) atoms. The molecule has 1 amide bonds. The van der Waals surface area contributed by atoms with Gasteiger partial charge in [0.05, 0.1) is 34.7 Å². The Morgan fingerprint density at radius 3 is 2.45 bits per heavy atom. The van der Waals surface area contributed by atoms with Gasteiger partial charge in [-0.15, -0.1) is 0 Å². The molecule has 1 aromatic carbocycles. The first kappa shape index (κ1) is 29.1. The number of anilines is 1. The number of sulfone groups is 1. The van der Waals surface area contributed by atoms with Crippen LogP contribution in [0.5, 0.6) is 5.75 Å². The lowest BCUT2D eigenvalue weighted by molar-refractivity contribution is 0.0666. The molecule has 0 spiro atoms. The topological polar surface area (TPSA) is 80.1 Å². The van der Waals surface area contributed by atoms with E-state index in [-0.39, 0.29) is 34.0 Å². The van der Waals surface area contributed by atoms with Crippen LogP contribution in [-0.2, 0) is 16.4 Å². The molecule has 0 saturated carbocycles. The van der Waals surface area contributed by atoms with E-state index in [1.807, 2.05) is 12.1 Å². The molecule has 0 radical (unpaired) electrons. The molecular formula is C28H38Cl2N2O5S. The molecule has 1 unspecified atom stereocenters. The van der Waals surface area contributed by atoms with Gasteiger partial charge in [-0.05, 0) is 50.3 Å². The number of unbranched alkanes of at least 4 members (excludes halogenated alkanes) is 4. The number of halogens is 2. The summed E-state index contributed by atoms with van der Waals surface area (Å²) in [6.45, 7) is 4.73. The van der Waals surface area contributed by atoms with Crippen LogP contribution in [0.4, 0.5) is 5.88 Å². The molecule has 1 atom stereocenters. The number of furan rings is 1. The first-order valence-corrected chi connectivity index (χ1v) is 16.3. The summed E-state index contributed by atoms with van der Waals surface area (Å²) in [5.74, 6) is 1.42. The molecular weight excluding hydrogens is 547 g/mol. The Balaban J connectivity index is 1.49. The number of ether oxygens (including phenoxy) is 1. The number of nitrogens with zero attached hydrogens (tertiary/aromatic N) is 2. The van der Waals surface area contributed by atoms with E-state index in [4.69, 9.17) is 32.4 Å². The van der Waals surface area contributed by atoms with Crippen molar-refractivity contribution in [3.63, 3.8) is 0 Å². The highest BCUT2D eigenvalue weighted by molar-refractivity contribution is 7.91. The van der Waals surface area contributed by atoms with Gasteiger partial charge in [0.25, 0.3) is 5.91 Å². The highest BCUT2D eigenvalue weighted by Crippen LogP contribution is 2.36. The Hall–Kier alpha value is -1.90. The maximum absolute atomic E-state index is 13.8. The predicted molar refractivity (Wildman–Crippen MR) is 152 cm³/mol. The van der Waals surface area contributed by atoms with Crippen LogP contribution in [0, 0.1) is 0 Å². The van der Waals surface area contributed by atoms with Crippen molar-refractivity contribution in [1.29, 1.82) is 0 Å². The lowest BCUT2D eigenvalue weighted by Crippen LogP contribution is -2.40. The average Bonchev–Trinajstić information content (AvgIpc) is 3.52. The third-order valence-corrected chi connectivity index (χ3v) is 9.60. The number of hydrogen-bond donors (Lipinski definition) is 0. The molecule has 2 fully saturated rings. The molecule has 0 N–H and O–H groups in total. The summed E-state index contributed by atoms with van der Waals surface area (Å²) < 4.78 is 36.5. The number of piperidine rings is 1. The average molecular weight is 586 g/mol. The second-order valence-corrected chi connectivity index (χ2v) is 13.4. The third kappa shape index (κ3) is 7.60. The summed E-state index contributed by atoms with van der Waals surface area (Å²) in [5, 5.41) is 0.526. The molecule has 2 aliphatic rings. The lowest BCUT2D eigenvalue weighted by Gasteiger charge is -2.28. The van der Waals surface area contributed by atoms with Crippen LogP contribution in [0.2, 0.25) is 10.0 Å². The van der Waals surface area contributed by atoms with E-state index >= 15 is 0 Å². The zero-order valence-corrected chi connectivity index (χ0v) is 24.4. The minimum atomic E-state index is -3.21. The first-order valence-electron chi connectivity index (χ1n) is 13.7. The summed E-state index contributed by atoms with van der Waals surface area (Å²) in [4.78, 5) is 17.5. The van der Waals surface area contributed by atoms with Gasteiger partial charge in [0.2, 0.25) is 0 Å². The lowest BCUT2D eigenvalue weighted by atomic mass is 10.1. The van der Waals surface area contributed by atoms with E-state index in [9.17, 15) is 13.2 Å². The highest BCUT2D eigenvalue weighted by atomic mass is 35.5. The van der Waals surface area contributed by atoms with Crippen molar-refractivity contribution in [1.82, 2.24) is 4.90 Å². The Morgan fingerprint density at radius 2 is 1.79 bits per heavy atom. The van der Waals surface area contributed by atoms with Crippen LogP contribution >= 0.6 is 23.2 Å². The van der Waals surface area contributed by atoms with Gasteiger partial charge >= 0.3 is 0 Å². The maximum Gasteiger partial charge on any atom is 0.254 e. The summed E-state index contributed by atoms with van der Waals surface area (Å²) >= 11 is 13.0. The molecule has 10 heteroatoms. The van der Waals surface area contributed by atoms with E-state index < -0.39 is 15.9 Å². The summed E-state index contributed by atoms with van der Waals surface area (Å²) in [5.41, 5.74) is 0.294. The van der Waals surface area contributed by atoms with E-state index in [1.54, 1.807) is 17.0 Å². The van der Waals surface area contributed by atoms with Crippen LogP contribution in [0.1, 0.15) is 80.8 Å². The molecule has 7 nitrogen and oxygen atoms in total. The number of hydrogen-bond acceptors (Lipinski definition) is 6. The molecule has 2 aliphatic heterocycles. The minimum absolute atomic E-state index is 0.0607. The smallest absolute Gasteiger partial charge is 0.254 e. The van der Waals surface area contributed by atoms with Gasteiger partial charge < -0.3 is 19.0 Å². The minimum Gasteiger partial charge on any atom is -0.490 e. The van der Waals surface area contributed by atoms with Crippen LogP contribution in [0.25, 0.3) is 0 Å². The Labute approximate surface area is 236 Å². The van der Waals surface area contributed by atoms with E-state index in [0.717, 1.165) is 51.1 Å². The Bertz CT molecular complexity index is 1170. The van der Waals surface area contributed by atoms with Crippen molar-refractivity contribution in [2.24, 2.45) is 0 Å². The van der Waals surface area contributed by atoms with E-state index in [2.05, 4.69) is 11.8 Å². The molecule has 210 valence electrons. The van der Waals surface area contributed by atoms with Gasteiger partial charge in [0.15, 0.2) is 21.5 Å². The standard InChI is InChI=1S/C28H38Cl2N2O5S/c1-2-3-4-5-9-15-36-27-24(29)17-21(18-25(27)30)28(33)32(22-12-16-38(34,35)20-22)19-23-10-11-26(37-23)31-13-7-6-8-14-31/h10-11,17-18,22H,2-9,12-16,19-20H2,1H3. The van der Waals surface area contributed by atoms with Gasteiger partial charge in [-0.1, -0.05) is 55.8 Å². The van der Waals surface area contributed by atoms with Crippen molar-refractivity contribution in [2.45, 2.75) is 77.3 Å². The zero-order chi connectivity index (χ0) is 27.1.